The number of hydrogen-bond donors (Lipinski definition) is 0. The number of ether oxygens (including phenoxy) is 3. The number of unbranched alkanes of at least 4 members (excludes halogenated alkanes) is 9. The third kappa shape index (κ3) is 9.06. The highest BCUT2D eigenvalue weighted by Crippen LogP contribution is 2.37. The number of rotatable bonds is 18. The van der Waals surface area contributed by atoms with E-state index < -0.39 is 0 Å². The van der Waals surface area contributed by atoms with Crippen LogP contribution >= 0.6 is 0 Å². The molecule has 0 saturated carbocycles. The maximum atomic E-state index is 13.0. The molecule has 0 aliphatic rings. The Morgan fingerprint density at radius 3 is 0.956 bits per heavy atom. The molecule has 0 amide bonds. The first-order valence-electron chi connectivity index (χ1n) is 16.9. The highest BCUT2D eigenvalue weighted by molar-refractivity contribution is 6.27. The zero-order valence-corrected chi connectivity index (χ0v) is 27.3. The monoisotopic (exact) mass is 612 g/mol. The summed E-state index contributed by atoms with van der Waals surface area (Å²) in [5.41, 5.74) is 1.41. The topological polar surface area (TPSA) is 78.9 Å². The molecular formula is C39H48O6. The van der Waals surface area contributed by atoms with Crippen molar-refractivity contribution in [3.8, 4) is 0 Å². The minimum absolute atomic E-state index is 0.356. The fraction of sp³-hybridized carbons (Fsp3) is 0.462. The molecule has 0 bridgehead atoms. The summed E-state index contributed by atoms with van der Waals surface area (Å²) in [5.74, 6) is -1.07. The second-order valence-corrected chi connectivity index (χ2v) is 11.9. The molecule has 45 heavy (non-hydrogen) atoms. The van der Waals surface area contributed by atoms with Gasteiger partial charge in [0.15, 0.2) is 0 Å². The number of esters is 3. The van der Waals surface area contributed by atoms with Gasteiger partial charge in [-0.3, -0.25) is 0 Å². The molecule has 0 aliphatic heterocycles. The standard InChI is InChI=1S/C39H48O6/c1-4-7-10-13-22-43-37(40)28-16-19-31-34(25-28)32-20-17-29(38(41)44-23-14-11-8-5-2)27-36(32)33-21-18-30(26-35(31)33)39(42)45-24-15-12-9-6-3/h16-21,25-27H,4-15,22-24H2,1-3H3. The Hall–Kier alpha value is -3.93. The maximum Gasteiger partial charge on any atom is 0.338 e. The molecule has 0 aliphatic carbocycles. The summed E-state index contributed by atoms with van der Waals surface area (Å²) in [6.45, 7) is 7.62. The van der Waals surface area contributed by atoms with E-state index in [1.54, 1.807) is 18.2 Å². The predicted molar refractivity (Wildman–Crippen MR) is 182 cm³/mol. The molecular weight excluding hydrogens is 564 g/mol. The Morgan fingerprint density at radius 1 is 0.400 bits per heavy atom. The van der Waals surface area contributed by atoms with E-state index in [9.17, 15) is 14.4 Å². The molecule has 0 heterocycles. The van der Waals surface area contributed by atoms with Gasteiger partial charge in [-0.2, -0.15) is 0 Å². The summed E-state index contributed by atoms with van der Waals surface area (Å²) in [4.78, 5) is 39.0. The van der Waals surface area contributed by atoms with Gasteiger partial charge in [0.2, 0.25) is 0 Å². The lowest BCUT2D eigenvalue weighted by Gasteiger charge is -2.14. The Labute approximate surface area is 267 Å². The number of fused-ring (bicyclic) bond motifs is 6. The van der Waals surface area contributed by atoms with Crippen LogP contribution in [0.5, 0.6) is 0 Å². The van der Waals surface area contributed by atoms with Gasteiger partial charge in [0.25, 0.3) is 0 Å². The van der Waals surface area contributed by atoms with Gasteiger partial charge < -0.3 is 14.2 Å². The van der Waals surface area contributed by atoms with E-state index in [0.29, 0.717) is 36.5 Å². The minimum Gasteiger partial charge on any atom is -0.462 e. The van der Waals surface area contributed by atoms with Crippen LogP contribution in [0.1, 0.15) is 129 Å². The van der Waals surface area contributed by atoms with Crippen molar-refractivity contribution in [3.63, 3.8) is 0 Å². The first kappa shape index (κ1) is 34.0. The molecule has 6 nitrogen and oxygen atoms in total. The molecule has 0 atom stereocenters. The summed E-state index contributed by atoms with van der Waals surface area (Å²) >= 11 is 0. The molecule has 4 rings (SSSR count). The first-order valence-corrected chi connectivity index (χ1v) is 16.9. The van der Waals surface area contributed by atoms with E-state index in [0.717, 1.165) is 109 Å². The molecule has 0 saturated heterocycles. The summed E-state index contributed by atoms with van der Waals surface area (Å²) in [7, 11) is 0. The van der Waals surface area contributed by atoms with Crippen LogP contribution in [-0.2, 0) is 14.2 Å². The highest BCUT2D eigenvalue weighted by Gasteiger charge is 2.17. The Bertz CT molecular complexity index is 1380. The molecule has 0 fully saturated rings. The van der Waals surface area contributed by atoms with Crippen molar-refractivity contribution in [2.75, 3.05) is 19.8 Å². The van der Waals surface area contributed by atoms with Crippen molar-refractivity contribution in [2.24, 2.45) is 0 Å². The van der Waals surface area contributed by atoms with Gasteiger partial charge in [-0.25, -0.2) is 14.4 Å². The second kappa shape index (κ2) is 17.5. The average molecular weight is 613 g/mol. The zero-order valence-electron chi connectivity index (χ0n) is 27.3. The number of hydrogen-bond acceptors (Lipinski definition) is 6. The Balaban J connectivity index is 1.71. The molecule has 4 aromatic carbocycles. The van der Waals surface area contributed by atoms with Crippen molar-refractivity contribution in [1.82, 2.24) is 0 Å². The van der Waals surface area contributed by atoms with Crippen LogP contribution in [-0.4, -0.2) is 37.7 Å². The number of carbonyl (C=O) groups is 3. The van der Waals surface area contributed by atoms with Crippen LogP contribution in [0.2, 0.25) is 0 Å². The molecule has 6 heteroatoms. The fourth-order valence-corrected chi connectivity index (χ4v) is 5.72. The normalized spacial score (nSPS) is 11.3. The Morgan fingerprint density at radius 2 is 0.689 bits per heavy atom. The fourth-order valence-electron chi connectivity index (χ4n) is 5.72. The van der Waals surface area contributed by atoms with E-state index in [-0.39, 0.29) is 17.9 Å². The summed E-state index contributed by atoms with van der Waals surface area (Å²) in [5, 5.41) is 5.26. The molecule has 0 spiro atoms. The van der Waals surface area contributed by atoms with Gasteiger partial charge in [-0.15, -0.1) is 0 Å². The van der Waals surface area contributed by atoms with E-state index in [1.165, 1.54) is 0 Å². The van der Waals surface area contributed by atoms with Crippen LogP contribution in [0.3, 0.4) is 0 Å². The average Bonchev–Trinajstić information content (AvgIpc) is 3.07. The summed E-state index contributed by atoms with van der Waals surface area (Å²) in [6, 6.07) is 16.7. The Kier molecular flexibility index (Phi) is 13.2. The van der Waals surface area contributed by atoms with Gasteiger partial charge in [0.05, 0.1) is 36.5 Å². The van der Waals surface area contributed by atoms with Crippen molar-refractivity contribution < 1.29 is 28.6 Å². The molecule has 4 aromatic rings. The van der Waals surface area contributed by atoms with Gasteiger partial charge in [-0.05, 0) is 88.0 Å². The number of carbonyl (C=O) groups excluding carboxylic acids is 3. The molecule has 240 valence electrons. The van der Waals surface area contributed by atoms with Gasteiger partial charge in [0.1, 0.15) is 0 Å². The molecule has 0 unspecified atom stereocenters. The highest BCUT2D eigenvalue weighted by atomic mass is 16.5. The van der Waals surface area contributed by atoms with Crippen LogP contribution < -0.4 is 0 Å². The minimum atomic E-state index is -0.356. The third-order valence-electron chi connectivity index (χ3n) is 8.33. The van der Waals surface area contributed by atoms with Crippen molar-refractivity contribution in [2.45, 2.75) is 97.8 Å². The first-order chi connectivity index (χ1) is 22.0. The van der Waals surface area contributed by atoms with E-state index >= 15 is 0 Å². The summed E-state index contributed by atoms with van der Waals surface area (Å²) < 4.78 is 16.8. The molecule has 0 N–H and O–H groups in total. The maximum absolute atomic E-state index is 13.0. The molecule has 0 radical (unpaired) electrons. The third-order valence-corrected chi connectivity index (χ3v) is 8.33. The SMILES string of the molecule is CCCCCCOC(=O)c1ccc2c(c1)c1ccc(C(=O)OCCCCCC)cc1c1ccc(C(=O)OCCCCCC)cc21. The smallest absolute Gasteiger partial charge is 0.338 e. The lowest BCUT2D eigenvalue weighted by Crippen LogP contribution is -2.07. The predicted octanol–water partition coefficient (Wildman–Crippen LogP) is 10.4. The molecule has 0 aromatic heterocycles. The van der Waals surface area contributed by atoms with Crippen molar-refractivity contribution >= 4 is 50.2 Å². The van der Waals surface area contributed by atoms with Gasteiger partial charge in [0, 0.05) is 0 Å². The van der Waals surface area contributed by atoms with Gasteiger partial charge >= 0.3 is 17.9 Å². The van der Waals surface area contributed by atoms with Crippen LogP contribution in [0, 0.1) is 0 Å². The van der Waals surface area contributed by atoms with Crippen molar-refractivity contribution in [1.29, 1.82) is 0 Å². The second-order valence-electron chi connectivity index (χ2n) is 11.9. The van der Waals surface area contributed by atoms with Crippen LogP contribution in [0.25, 0.3) is 32.3 Å². The number of benzene rings is 4. The van der Waals surface area contributed by atoms with E-state index in [1.807, 2.05) is 36.4 Å². The zero-order chi connectivity index (χ0) is 32.0. The summed E-state index contributed by atoms with van der Waals surface area (Å²) in [6.07, 6.45) is 12.4. The lowest BCUT2D eigenvalue weighted by molar-refractivity contribution is 0.0489. The van der Waals surface area contributed by atoms with Crippen LogP contribution in [0.15, 0.2) is 54.6 Å². The van der Waals surface area contributed by atoms with Crippen LogP contribution in [0.4, 0.5) is 0 Å². The van der Waals surface area contributed by atoms with E-state index in [4.69, 9.17) is 14.2 Å². The lowest BCUT2D eigenvalue weighted by atomic mass is 9.91. The van der Waals surface area contributed by atoms with E-state index in [2.05, 4.69) is 20.8 Å². The van der Waals surface area contributed by atoms with Gasteiger partial charge in [-0.1, -0.05) is 96.8 Å². The quantitative estimate of drug-likeness (QED) is 0.0481. The largest absolute Gasteiger partial charge is 0.462 e. The van der Waals surface area contributed by atoms with Crippen molar-refractivity contribution in [3.05, 3.63) is 71.3 Å².